The zero-order valence-corrected chi connectivity index (χ0v) is 10.9. The highest BCUT2D eigenvalue weighted by Gasteiger charge is 2.18. The van der Waals surface area contributed by atoms with Crippen molar-refractivity contribution in [3.05, 3.63) is 41.5 Å². The van der Waals surface area contributed by atoms with Crippen molar-refractivity contribution >= 4 is 36.5 Å². The Hall–Kier alpha value is -1.59. The first-order chi connectivity index (χ1) is 8.32. The predicted molar refractivity (Wildman–Crippen MR) is 68.7 cm³/mol. The fourth-order valence-electron chi connectivity index (χ4n) is 1.96. The quantitative estimate of drug-likeness (QED) is 0.861. The number of halogens is 1. The van der Waals surface area contributed by atoms with Crippen LogP contribution < -0.4 is 0 Å². The van der Waals surface area contributed by atoms with E-state index in [2.05, 4.69) is 0 Å². The molecule has 18 heavy (non-hydrogen) atoms. The minimum atomic E-state index is -3.92. The number of benzene rings is 2. The van der Waals surface area contributed by atoms with E-state index in [-0.39, 0.29) is 10.5 Å². The molecule has 0 spiro atoms. The van der Waals surface area contributed by atoms with Crippen LogP contribution in [0.3, 0.4) is 0 Å². The molecule has 2 rings (SSSR count). The summed E-state index contributed by atoms with van der Waals surface area (Å²) in [5.41, 5.74) is 0.454. The number of carbonyl (C=O) groups is 1. The molecule has 6 heteroatoms. The largest absolute Gasteiger partial charge is 0.478 e. The van der Waals surface area contributed by atoms with Crippen molar-refractivity contribution in [1.82, 2.24) is 0 Å². The van der Waals surface area contributed by atoms with Crippen LogP contribution in [0.1, 0.15) is 15.9 Å². The topological polar surface area (TPSA) is 71.4 Å². The molecule has 0 saturated carbocycles. The lowest BCUT2D eigenvalue weighted by Gasteiger charge is -2.09. The van der Waals surface area contributed by atoms with E-state index in [0.29, 0.717) is 16.3 Å². The van der Waals surface area contributed by atoms with Gasteiger partial charge in [-0.2, -0.15) is 0 Å². The molecule has 94 valence electrons. The van der Waals surface area contributed by atoms with Crippen molar-refractivity contribution in [3.8, 4) is 0 Å². The highest BCUT2D eigenvalue weighted by atomic mass is 35.7. The molecule has 2 aromatic rings. The number of rotatable bonds is 2. The lowest BCUT2D eigenvalue weighted by Crippen LogP contribution is -2.02. The number of hydrogen-bond acceptors (Lipinski definition) is 3. The maximum absolute atomic E-state index is 11.5. The van der Waals surface area contributed by atoms with Gasteiger partial charge < -0.3 is 5.11 Å². The van der Waals surface area contributed by atoms with Gasteiger partial charge in [-0.15, -0.1) is 0 Å². The van der Waals surface area contributed by atoms with Crippen LogP contribution in [0.25, 0.3) is 10.8 Å². The van der Waals surface area contributed by atoms with Gasteiger partial charge in [0.25, 0.3) is 9.05 Å². The van der Waals surface area contributed by atoms with Gasteiger partial charge in [0.15, 0.2) is 0 Å². The van der Waals surface area contributed by atoms with E-state index in [9.17, 15) is 13.2 Å². The molecule has 0 aliphatic heterocycles. The Balaban J connectivity index is 2.99. The summed E-state index contributed by atoms with van der Waals surface area (Å²) in [5, 5.41) is 10.0. The molecule has 1 N–H and O–H groups in total. The Bertz CT molecular complexity index is 750. The average molecular weight is 285 g/mol. The van der Waals surface area contributed by atoms with Crippen LogP contribution in [0.5, 0.6) is 0 Å². The molecule has 0 unspecified atom stereocenters. The van der Waals surface area contributed by atoms with E-state index in [4.69, 9.17) is 15.8 Å². The van der Waals surface area contributed by atoms with E-state index in [1.807, 2.05) is 0 Å². The Kier molecular flexibility index (Phi) is 3.04. The van der Waals surface area contributed by atoms with Crippen LogP contribution in [0.2, 0.25) is 0 Å². The summed E-state index contributed by atoms with van der Waals surface area (Å²) in [6.45, 7) is 1.57. The first-order valence-electron chi connectivity index (χ1n) is 5.02. The molecule has 0 atom stereocenters. The van der Waals surface area contributed by atoms with Gasteiger partial charge in [0.1, 0.15) is 0 Å². The van der Waals surface area contributed by atoms with E-state index in [1.165, 1.54) is 12.1 Å². The molecule has 4 nitrogen and oxygen atoms in total. The third kappa shape index (κ3) is 2.07. The summed E-state index contributed by atoms with van der Waals surface area (Å²) in [6.07, 6.45) is 0. The standard InChI is InChI=1S/C12H9ClO4S/c1-7-9(12(14)15)6-5-8-3-2-4-10(11(7)8)18(13,16)17/h2-6H,1H3,(H,14,15). The third-order valence-electron chi connectivity index (χ3n) is 2.76. The Morgan fingerprint density at radius 2 is 1.89 bits per heavy atom. The number of carboxylic acids is 1. The second-order valence-electron chi connectivity index (χ2n) is 3.84. The van der Waals surface area contributed by atoms with E-state index < -0.39 is 15.0 Å². The highest BCUT2D eigenvalue weighted by molar-refractivity contribution is 8.14. The molecule has 0 heterocycles. The van der Waals surface area contributed by atoms with Crippen LogP contribution in [0.4, 0.5) is 0 Å². The summed E-state index contributed by atoms with van der Waals surface area (Å²) < 4.78 is 23.0. The molecule has 0 bridgehead atoms. The summed E-state index contributed by atoms with van der Waals surface area (Å²) in [4.78, 5) is 11.0. The zero-order chi connectivity index (χ0) is 13.5. The van der Waals surface area contributed by atoms with Crippen molar-refractivity contribution in [3.63, 3.8) is 0 Å². The molecule has 0 fully saturated rings. The molecule has 2 aromatic carbocycles. The fraction of sp³-hybridized carbons (Fsp3) is 0.0833. The molecule has 0 aliphatic carbocycles. The Morgan fingerprint density at radius 1 is 1.22 bits per heavy atom. The maximum Gasteiger partial charge on any atom is 0.335 e. The second kappa shape index (κ2) is 4.26. The van der Waals surface area contributed by atoms with Crippen molar-refractivity contribution < 1.29 is 18.3 Å². The van der Waals surface area contributed by atoms with Gasteiger partial charge in [0.05, 0.1) is 10.5 Å². The molecular weight excluding hydrogens is 276 g/mol. The lowest BCUT2D eigenvalue weighted by atomic mass is 10.0. The van der Waals surface area contributed by atoms with Crippen LogP contribution in [0.15, 0.2) is 35.2 Å². The number of carboxylic acid groups (broad SMARTS) is 1. The van der Waals surface area contributed by atoms with Gasteiger partial charge in [-0.25, -0.2) is 13.2 Å². The van der Waals surface area contributed by atoms with Gasteiger partial charge in [-0.1, -0.05) is 18.2 Å². The second-order valence-corrected chi connectivity index (χ2v) is 6.37. The Labute approximate surface area is 108 Å². The van der Waals surface area contributed by atoms with Crippen molar-refractivity contribution in [2.45, 2.75) is 11.8 Å². The monoisotopic (exact) mass is 284 g/mol. The predicted octanol–water partition coefficient (Wildman–Crippen LogP) is 2.77. The SMILES string of the molecule is Cc1c(C(=O)O)ccc2cccc(S(=O)(=O)Cl)c12. The van der Waals surface area contributed by atoms with E-state index in [1.54, 1.807) is 25.1 Å². The average Bonchev–Trinajstić information content (AvgIpc) is 2.27. The normalized spacial score (nSPS) is 11.7. The van der Waals surface area contributed by atoms with Crippen LogP contribution >= 0.6 is 10.7 Å². The summed E-state index contributed by atoms with van der Waals surface area (Å²) in [5.74, 6) is -1.10. The zero-order valence-electron chi connectivity index (χ0n) is 9.34. The van der Waals surface area contributed by atoms with Gasteiger partial charge in [-0.3, -0.25) is 0 Å². The van der Waals surface area contributed by atoms with Crippen molar-refractivity contribution in [2.75, 3.05) is 0 Å². The number of aromatic carboxylic acids is 1. The number of hydrogen-bond donors (Lipinski definition) is 1. The van der Waals surface area contributed by atoms with Crippen LogP contribution in [0, 0.1) is 6.92 Å². The minimum Gasteiger partial charge on any atom is -0.478 e. The van der Waals surface area contributed by atoms with Gasteiger partial charge >= 0.3 is 5.97 Å². The van der Waals surface area contributed by atoms with Gasteiger partial charge in [0.2, 0.25) is 0 Å². The summed E-state index contributed by atoms with van der Waals surface area (Å²) in [6, 6.07) is 7.66. The number of fused-ring (bicyclic) bond motifs is 1. The maximum atomic E-state index is 11.5. The van der Waals surface area contributed by atoms with Crippen molar-refractivity contribution in [2.24, 2.45) is 0 Å². The third-order valence-corrected chi connectivity index (χ3v) is 4.12. The Morgan fingerprint density at radius 3 is 2.44 bits per heavy atom. The van der Waals surface area contributed by atoms with Crippen LogP contribution in [-0.4, -0.2) is 19.5 Å². The first-order valence-corrected chi connectivity index (χ1v) is 7.33. The number of aryl methyl sites for hydroxylation is 1. The van der Waals surface area contributed by atoms with Crippen molar-refractivity contribution in [1.29, 1.82) is 0 Å². The lowest BCUT2D eigenvalue weighted by molar-refractivity contribution is 0.0696. The molecular formula is C12H9ClO4S. The fourth-order valence-corrected chi connectivity index (χ4v) is 3.10. The molecule has 0 amide bonds. The van der Waals surface area contributed by atoms with E-state index in [0.717, 1.165) is 0 Å². The van der Waals surface area contributed by atoms with Gasteiger partial charge in [-0.05, 0) is 30.0 Å². The van der Waals surface area contributed by atoms with Gasteiger partial charge in [0, 0.05) is 16.1 Å². The molecule has 0 aliphatic rings. The summed E-state index contributed by atoms with van der Waals surface area (Å²) >= 11 is 0. The molecule has 0 radical (unpaired) electrons. The van der Waals surface area contributed by atoms with E-state index >= 15 is 0 Å². The molecule has 0 aromatic heterocycles. The van der Waals surface area contributed by atoms with Crippen LogP contribution in [-0.2, 0) is 9.05 Å². The summed E-state index contributed by atoms with van der Waals surface area (Å²) in [7, 11) is 1.45. The first kappa shape index (κ1) is 12.9. The highest BCUT2D eigenvalue weighted by Crippen LogP contribution is 2.30. The smallest absolute Gasteiger partial charge is 0.335 e. The molecule has 0 saturated heterocycles. The minimum absolute atomic E-state index is 0.0651.